The molecular weight excluding hydrogens is 394 g/mol. The van der Waals surface area contributed by atoms with E-state index in [2.05, 4.69) is 10.6 Å². The molecule has 0 aliphatic rings. The fraction of sp³-hybridized carbons (Fsp3) is 0.318. The van der Waals surface area contributed by atoms with Gasteiger partial charge in [-0.25, -0.2) is 4.79 Å². The predicted molar refractivity (Wildman–Crippen MR) is 107 cm³/mol. The summed E-state index contributed by atoms with van der Waals surface area (Å²) < 4.78 is 33.9. The van der Waals surface area contributed by atoms with Crippen molar-refractivity contribution in [3.8, 4) is 0 Å². The number of hydrogen-bond donors (Lipinski definition) is 2. The van der Waals surface area contributed by atoms with Gasteiger partial charge in [-0.3, -0.25) is 9.59 Å². The number of halogens is 2. The zero-order valence-corrected chi connectivity index (χ0v) is 16.7. The van der Waals surface area contributed by atoms with Crippen molar-refractivity contribution in [2.75, 3.05) is 0 Å². The van der Waals surface area contributed by atoms with Crippen LogP contribution in [-0.2, 0) is 27.5 Å². The van der Waals surface area contributed by atoms with Crippen molar-refractivity contribution in [2.45, 2.75) is 39.0 Å². The lowest BCUT2D eigenvalue weighted by Crippen LogP contribution is -2.56. The van der Waals surface area contributed by atoms with E-state index in [1.807, 2.05) is 0 Å². The van der Waals surface area contributed by atoms with Gasteiger partial charge >= 0.3 is 12.0 Å². The monoisotopic (exact) mass is 418 g/mol. The largest absolute Gasteiger partial charge is 0.445 e. The van der Waals surface area contributed by atoms with E-state index >= 15 is 0 Å². The fourth-order valence-electron chi connectivity index (χ4n) is 2.62. The van der Waals surface area contributed by atoms with E-state index in [0.29, 0.717) is 11.1 Å². The molecule has 2 amide bonds. The SMILES string of the molecule is CC(C)C(NC(=O)OCc1ccccc1)C(=O)C(F)(F)C(=O)NCc1ccccc1. The number of benzene rings is 2. The van der Waals surface area contributed by atoms with Gasteiger partial charge in [0.2, 0.25) is 5.78 Å². The Morgan fingerprint density at radius 3 is 2.00 bits per heavy atom. The van der Waals surface area contributed by atoms with Crippen LogP contribution in [0.4, 0.5) is 13.6 Å². The Hall–Kier alpha value is -3.29. The van der Waals surface area contributed by atoms with Gasteiger partial charge in [-0.2, -0.15) is 8.78 Å². The molecule has 0 saturated carbocycles. The minimum atomic E-state index is -4.31. The molecule has 0 aliphatic heterocycles. The number of hydrogen-bond acceptors (Lipinski definition) is 4. The summed E-state index contributed by atoms with van der Waals surface area (Å²) >= 11 is 0. The quantitative estimate of drug-likeness (QED) is 0.611. The van der Waals surface area contributed by atoms with Crippen molar-refractivity contribution in [1.29, 1.82) is 0 Å². The van der Waals surface area contributed by atoms with Crippen molar-refractivity contribution in [2.24, 2.45) is 5.92 Å². The van der Waals surface area contributed by atoms with Crippen LogP contribution in [0.3, 0.4) is 0 Å². The maximum atomic E-state index is 14.5. The van der Waals surface area contributed by atoms with E-state index in [-0.39, 0.29) is 13.2 Å². The molecule has 2 aromatic rings. The summed E-state index contributed by atoms with van der Waals surface area (Å²) in [5, 5.41) is 4.21. The number of ether oxygens (including phenoxy) is 1. The Kier molecular flexibility index (Phi) is 8.03. The van der Waals surface area contributed by atoms with Gasteiger partial charge in [-0.05, 0) is 17.0 Å². The molecule has 6 nitrogen and oxygen atoms in total. The van der Waals surface area contributed by atoms with Crippen LogP contribution < -0.4 is 10.6 Å². The van der Waals surface area contributed by atoms with Crippen LogP contribution in [0, 0.1) is 5.92 Å². The van der Waals surface area contributed by atoms with Gasteiger partial charge in [0.15, 0.2) is 0 Å². The molecule has 0 fully saturated rings. The molecule has 0 bridgehead atoms. The Morgan fingerprint density at radius 2 is 1.47 bits per heavy atom. The van der Waals surface area contributed by atoms with Crippen LogP contribution in [0.5, 0.6) is 0 Å². The molecule has 2 N–H and O–H groups in total. The third-order valence-electron chi connectivity index (χ3n) is 4.33. The van der Waals surface area contributed by atoms with Crippen LogP contribution >= 0.6 is 0 Å². The minimum Gasteiger partial charge on any atom is -0.445 e. The van der Waals surface area contributed by atoms with Crippen molar-refractivity contribution >= 4 is 17.8 Å². The van der Waals surface area contributed by atoms with Crippen LogP contribution in [0.2, 0.25) is 0 Å². The Balaban J connectivity index is 1.97. The summed E-state index contributed by atoms with van der Waals surface area (Å²) in [7, 11) is 0. The summed E-state index contributed by atoms with van der Waals surface area (Å²) in [6.07, 6.45) is -1.02. The van der Waals surface area contributed by atoms with E-state index in [1.54, 1.807) is 60.7 Å². The Bertz CT molecular complexity index is 858. The van der Waals surface area contributed by atoms with E-state index in [1.165, 1.54) is 13.8 Å². The zero-order valence-electron chi connectivity index (χ0n) is 16.7. The number of carbonyl (C=O) groups is 3. The van der Waals surface area contributed by atoms with E-state index in [9.17, 15) is 23.2 Å². The summed E-state index contributed by atoms with van der Waals surface area (Å²) in [6, 6.07) is 15.6. The lowest BCUT2D eigenvalue weighted by atomic mass is 9.95. The first kappa shape index (κ1) is 23.0. The number of nitrogens with one attached hydrogen (secondary N) is 2. The number of alkyl halides is 2. The van der Waals surface area contributed by atoms with Crippen LogP contribution in [0.25, 0.3) is 0 Å². The van der Waals surface area contributed by atoms with Gasteiger partial charge in [0.05, 0.1) is 0 Å². The molecule has 0 aromatic heterocycles. The summed E-state index contributed by atoms with van der Waals surface area (Å²) in [4.78, 5) is 36.4. The first-order valence-corrected chi connectivity index (χ1v) is 9.43. The molecule has 0 spiro atoms. The lowest BCUT2D eigenvalue weighted by molar-refractivity contribution is -0.160. The van der Waals surface area contributed by atoms with Gasteiger partial charge in [0.1, 0.15) is 12.6 Å². The van der Waals surface area contributed by atoms with Gasteiger partial charge in [-0.1, -0.05) is 74.5 Å². The zero-order chi connectivity index (χ0) is 22.1. The average Bonchev–Trinajstić information content (AvgIpc) is 2.75. The van der Waals surface area contributed by atoms with Gasteiger partial charge < -0.3 is 15.4 Å². The highest BCUT2D eigenvalue weighted by Gasteiger charge is 2.51. The first-order chi connectivity index (χ1) is 14.2. The fourth-order valence-corrected chi connectivity index (χ4v) is 2.62. The maximum absolute atomic E-state index is 14.5. The van der Waals surface area contributed by atoms with Crippen molar-refractivity contribution in [1.82, 2.24) is 10.6 Å². The number of carbonyl (C=O) groups excluding carboxylic acids is 3. The second-order valence-electron chi connectivity index (χ2n) is 7.03. The van der Waals surface area contributed by atoms with Crippen molar-refractivity contribution < 1.29 is 27.9 Å². The number of Topliss-reactive ketones (excluding diaryl/α,β-unsaturated/α-hetero) is 1. The molecule has 1 unspecified atom stereocenters. The highest BCUT2D eigenvalue weighted by molar-refractivity contribution is 6.10. The van der Waals surface area contributed by atoms with Gasteiger partial charge in [0, 0.05) is 6.54 Å². The molecule has 0 radical (unpaired) electrons. The van der Waals surface area contributed by atoms with E-state index < -0.39 is 35.7 Å². The number of rotatable bonds is 9. The topological polar surface area (TPSA) is 84.5 Å². The third-order valence-corrected chi connectivity index (χ3v) is 4.33. The summed E-state index contributed by atoms with van der Waals surface area (Å²) in [6.45, 7) is 2.73. The number of ketones is 1. The maximum Gasteiger partial charge on any atom is 0.408 e. The molecule has 0 heterocycles. The van der Waals surface area contributed by atoms with Crippen LogP contribution in [-0.4, -0.2) is 29.7 Å². The second-order valence-corrected chi connectivity index (χ2v) is 7.03. The molecule has 2 aromatic carbocycles. The smallest absolute Gasteiger partial charge is 0.408 e. The molecule has 0 saturated heterocycles. The summed E-state index contributed by atoms with van der Waals surface area (Å²) in [5.74, 6) is -8.41. The highest BCUT2D eigenvalue weighted by Crippen LogP contribution is 2.21. The molecule has 1 atom stereocenters. The van der Waals surface area contributed by atoms with Gasteiger partial charge in [0.25, 0.3) is 5.91 Å². The molecule has 0 aliphatic carbocycles. The summed E-state index contributed by atoms with van der Waals surface area (Å²) in [5.41, 5.74) is 1.31. The molecule has 2 rings (SSSR count). The molecular formula is C22H24F2N2O4. The number of alkyl carbamates (subject to hydrolysis) is 1. The second kappa shape index (κ2) is 10.5. The highest BCUT2D eigenvalue weighted by atomic mass is 19.3. The normalized spacial score (nSPS) is 12.2. The van der Waals surface area contributed by atoms with Crippen molar-refractivity contribution in [3.63, 3.8) is 0 Å². The average molecular weight is 418 g/mol. The molecule has 160 valence electrons. The van der Waals surface area contributed by atoms with Gasteiger partial charge in [-0.15, -0.1) is 0 Å². The molecule has 8 heteroatoms. The van der Waals surface area contributed by atoms with Crippen LogP contribution in [0.1, 0.15) is 25.0 Å². The first-order valence-electron chi connectivity index (χ1n) is 9.43. The van der Waals surface area contributed by atoms with Crippen molar-refractivity contribution in [3.05, 3.63) is 71.8 Å². The minimum absolute atomic E-state index is 0.0837. The van der Waals surface area contributed by atoms with E-state index in [0.717, 1.165) is 0 Å². The number of amides is 2. The standard InChI is InChI=1S/C22H24F2N2O4/c1-15(2)18(26-21(29)30-14-17-11-7-4-8-12-17)19(27)22(23,24)20(28)25-13-16-9-5-3-6-10-16/h3-12,15,18H,13-14H2,1-2H3,(H,25,28)(H,26,29). The Morgan fingerprint density at radius 1 is 0.933 bits per heavy atom. The van der Waals surface area contributed by atoms with Crippen LogP contribution in [0.15, 0.2) is 60.7 Å². The van der Waals surface area contributed by atoms with E-state index in [4.69, 9.17) is 4.74 Å². The third kappa shape index (κ3) is 6.37. The Labute approximate surface area is 173 Å². The lowest BCUT2D eigenvalue weighted by Gasteiger charge is -2.25. The molecule has 30 heavy (non-hydrogen) atoms. The predicted octanol–water partition coefficient (Wildman–Crippen LogP) is 3.46.